The number of rotatable bonds is 7. The number of carbonyl (C=O) groups is 1. The van der Waals surface area contributed by atoms with E-state index in [4.69, 9.17) is 9.47 Å². The first-order chi connectivity index (χ1) is 15.2. The van der Waals surface area contributed by atoms with Crippen LogP contribution in [0.15, 0.2) is 54.6 Å². The molecule has 0 saturated carbocycles. The SMILES string of the molecule is CC(C)OC(=O)COc1ccc(F)c(N(C)c2cc(-c3cccc(F)c3)ccc2F)c1F. The Kier molecular flexibility index (Phi) is 7.02. The minimum Gasteiger partial charge on any atom is -0.479 e. The van der Waals surface area contributed by atoms with Crippen LogP contribution in [0, 0.1) is 23.3 Å². The van der Waals surface area contributed by atoms with Crippen molar-refractivity contribution in [2.75, 3.05) is 18.6 Å². The molecule has 0 fully saturated rings. The van der Waals surface area contributed by atoms with Gasteiger partial charge in [-0.1, -0.05) is 18.2 Å². The third-order valence-electron chi connectivity index (χ3n) is 4.55. The van der Waals surface area contributed by atoms with E-state index in [-0.39, 0.29) is 11.8 Å². The van der Waals surface area contributed by atoms with Crippen molar-refractivity contribution in [3.05, 3.63) is 77.9 Å². The van der Waals surface area contributed by atoms with Gasteiger partial charge >= 0.3 is 5.97 Å². The van der Waals surface area contributed by atoms with E-state index < -0.39 is 47.3 Å². The van der Waals surface area contributed by atoms with E-state index in [1.54, 1.807) is 19.9 Å². The number of carbonyl (C=O) groups excluding carboxylic acids is 1. The molecule has 3 rings (SSSR count). The molecule has 0 aromatic heterocycles. The summed E-state index contributed by atoms with van der Waals surface area (Å²) in [5.74, 6) is -4.39. The highest BCUT2D eigenvalue weighted by Crippen LogP contribution is 2.36. The first kappa shape index (κ1) is 23.1. The zero-order valence-electron chi connectivity index (χ0n) is 17.7. The number of anilines is 2. The molecule has 3 aromatic rings. The molecule has 168 valence electrons. The van der Waals surface area contributed by atoms with Crippen LogP contribution in [0.4, 0.5) is 28.9 Å². The summed E-state index contributed by atoms with van der Waals surface area (Å²) in [4.78, 5) is 12.6. The van der Waals surface area contributed by atoms with Gasteiger partial charge in [0.2, 0.25) is 0 Å². The summed E-state index contributed by atoms with van der Waals surface area (Å²) in [6.07, 6.45) is -0.376. The van der Waals surface area contributed by atoms with Crippen molar-refractivity contribution in [2.45, 2.75) is 20.0 Å². The van der Waals surface area contributed by atoms with E-state index in [1.165, 1.54) is 37.4 Å². The van der Waals surface area contributed by atoms with Crippen LogP contribution < -0.4 is 9.64 Å². The molecule has 4 nitrogen and oxygen atoms in total. The van der Waals surface area contributed by atoms with Crippen molar-refractivity contribution in [1.82, 2.24) is 0 Å². The fourth-order valence-electron chi connectivity index (χ4n) is 3.11. The molecule has 0 N–H and O–H groups in total. The highest BCUT2D eigenvalue weighted by atomic mass is 19.1. The van der Waals surface area contributed by atoms with Gasteiger partial charge in [0, 0.05) is 7.05 Å². The normalized spacial score (nSPS) is 10.9. The summed E-state index contributed by atoms with van der Waals surface area (Å²) >= 11 is 0. The smallest absolute Gasteiger partial charge is 0.344 e. The van der Waals surface area contributed by atoms with Gasteiger partial charge in [-0.05, 0) is 61.4 Å². The summed E-state index contributed by atoms with van der Waals surface area (Å²) < 4.78 is 67.8. The molecular weight excluding hydrogens is 426 g/mol. The lowest BCUT2D eigenvalue weighted by atomic mass is 10.0. The van der Waals surface area contributed by atoms with Crippen molar-refractivity contribution in [3.8, 4) is 16.9 Å². The Bertz CT molecular complexity index is 1130. The Morgan fingerprint density at radius 2 is 1.62 bits per heavy atom. The van der Waals surface area contributed by atoms with E-state index in [0.29, 0.717) is 11.1 Å². The van der Waals surface area contributed by atoms with E-state index in [9.17, 15) is 18.0 Å². The summed E-state index contributed by atoms with van der Waals surface area (Å²) in [6.45, 7) is 2.72. The maximum atomic E-state index is 15.1. The zero-order chi connectivity index (χ0) is 23.4. The fraction of sp³-hybridized carbons (Fsp3) is 0.208. The molecule has 0 unspecified atom stereocenters. The van der Waals surface area contributed by atoms with E-state index in [1.807, 2.05) is 0 Å². The van der Waals surface area contributed by atoms with Gasteiger partial charge in [0.25, 0.3) is 0 Å². The van der Waals surface area contributed by atoms with Crippen molar-refractivity contribution in [2.24, 2.45) is 0 Å². The van der Waals surface area contributed by atoms with Gasteiger partial charge in [-0.3, -0.25) is 0 Å². The Morgan fingerprint density at radius 1 is 0.938 bits per heavy atom. The van der Waals surface area contributed by atoms with Gasteiger partial charge in [0.1, 0.15) is 23.1 Å². The predicted molar refractivity (Wildman–Crippen MR) is 113 cm³/mol. The topological polar surface area (TPSA) is 38.8 Å². The molecule has 0 atom stereocenters. The molecule has 0 aliphatic carbocycles. The summed E-state index contributed by atoms with van der Waals surface area (Å²) in [5.41, 5.74) is 0.217. The molecule has 0 heterocycles. The van der Waals surface area contributed by atoms with Crippen molar-refractivity contribution < 1.29 is 31.8 Å². The maximum absolute atomic E-state index is 15.1. The first-order valence-electron chi connectivity index (χ1n) is 9.77. The molecule has 0 aliphatic heterocycles. The van der Waals surface area contributed by atoms with Crippen molar-refractivity contribution in [1.29, 1.82) is 0 Å². The first-order valence-corrected chi connectivity index (χ1v) is 9.77. The molecule has 0 spiro atoms. The average Bonchev–Trinajstić information content (AvgIpc) is 2.73. The monoisotopic (exact) mass is 447 g/mol. The number of hydrogen-bond donors (Lipinski definition) is 0. The molecule has 0 saturated heterocycles. The van der Waals surface area contributed by atoms with Gasteiger partial charge in [-0.2, -0.15) is 0 Å². The third-order valence-corrected chi connectivity index (χ3v) is 4.55. The Hall–Kier alpha value is -3.55. The molecule has 0 amide bonds. The van der Waals surface area contributed by atoms with Crippen LogP contribution in [0.1, 0.15) is 13.8 Å². The molecule has 0 radical (unpaired) electrons. The van der Waals surface area contributed by atoms with Crippen LogP contribution in [0.5, 0.6) is 5.75 Å². The standard InChI is InChI=1S/C24H21F4NO3/c1-14(2)32-22(30)13-31-21-10-9-19(27)24(23(21)28)29(3)20-12-16(7-8-18(20)26)15-5-4-6-17(25)11-15/h4-12,14H,13H2,1-3H3. The zero-order valence-corrected chi connectivity index (χ0v) is 17.7. The Morgan fingerprint density at radius 3 is 2.31 bits per heavy atom. The summed E-state index contributed by atoms with van der Waals surface area (Å²) in [5, 5.41) is 0. The van der Waals surface area contributed by atoms with Crippen LogP contribution in [-0.4, -0.2) is 25.7 Å². The van der Waals surface area contributed by atoms with E-state index in [2.05, 4.69) is 0 Å². The molecule has 0 bridgehead atoms. The van der Waals surface area contributed by atoms with Gasteiger partial charge in [0.05, 0.1) is 11.8 Å². The predicted octanol–water partition coefficient (Wildman–Crippen LogP) is 6.01. The molecule has 8 heteroatoms. The van der Waals surface area contributed by atoms with Gasteiger partial charge in [0.15, 0.2) is 18.2 Å². The van der Waals surface area contributed by atoms with Crippen molar-refractivity contribution in [3.63, 3.8) is 0 Å². The van der Waals surface area contributed by atoms with Crippen LogP contribution in [0.3, 0.4) is 0 Å². The van der Waals surface area contributed by atoms with Crippen LogP contribution >= 0.6 is 0 Å². The largest absolute Gasteiger partial charge is 0.479 e. The molecule has 0 aliphatic rings. The Balaban J connectivity index is 1.94. The third kappa shape index (κ3) is 5.19. The lowest BCUT2D eigenvalue weighted by molar-refractivity contribution is -0.149. The number of halogens is 4. The highest BCUT2D eigenvalue weighted by Gasteiger charge is 2.22. The van der Waals surface area contributed by atoms with Crippen molar-refractivity contribution >= 4 is 17.3 Å². The second-order valence-corrected chi connectivity index (χ2v) is 7.27. The minimum absolute atomic E-state index is 0.138. The average molecular weight is 447 g/mol. The van der Waals surface area contributed by atoms with E-state index in [0.717, 1.165) is 23.1 Å². The molecule has 3 aromatic carbocycles. The van der Waals surface area contributed by atoms with Gasteiger partial charge in [-0.15, -0.1) is 0 Å². The second kappa shape index (κ2) is 9.72. The van der Waals surface area contributed by atoms with Crippen LogP contribution in [0.25, 0.3) is 11.1 Å². The highest BCUT2D eigenvalue weighted by molar-refractivity contribution is 5.74. The number of benzene rings is 3. The van der Waals surface area contributed by atoms with Gasteiger partial charge in [-0.25, -0.2) is 22.4 Å². The second-order valence-electron chi connectivity index (χ2n) is 7.27. The maximum Gasteiger partial charge on any atom is 0.344 e. The summed E-state index contributed by atoms with van der Waals surface area (Å²) in [7, 11) is 1.28. The number of esters is 1. The molecule has 32 heavy (non-hydrogen) atoms. The Labute approximate surface area is 183 Å². The van der Waals surface area contributed by atoms with E-state index >= 15 is 4.39 Å². The lowest BCUT2D eigenvalue weighted by Gasteiger charge is -2.23. The molecular formula is C24H21F4NO3. The quantitative estimate of drug-likeness (QED) is 0.329. The van der Waals surface area contributed by atoms with Gasteiger partial charge < -0.3 is 14.4 Å². The van der Waals surface area contributed by atoms with Crippen LogP contribution in [-0.2, 0) is 9.53 Å². The number of hydrogen-bond acceptors (Lipinski definition) is 4. The lowest BCUT2D eigenvalue weighted by Crippen LogP contribution is -2.20. The van der Waals surface area contributed by atoms with Crippen LogP contribution in [0.2, 0.25) is 0 Å². The minimum atomic E-state index is -1.11. The fourth-order valence-corrected chi connectivity index (χ4v) is 3.11. The number of nitrogens with zero attached hydrogens (tertiary/aromatic N) is 1. The number of ether oxygens (including phenoxy) is 2. The summed E-state index contributed by atoms with van der Waals surface area (Å²) in [6, 6.07) is 11.6.